The lowest BCUT2D eigenvalue weighted by atomic mass is 10.0. The Balaban J connectivity index is 1.42. The third-order valence-corrected chi connectivity index (χ3v) is 5.38. The lowest BCUT2D eigenvalue weighted by Gasteiger charge is -2.39. The largest absolute Gasteiger partial charge is 0.383 e. The van der Waals surface area contributed by atoms with Crippen LogP contribution in [0.3, 0.4) is 0 Å². The molecule has 3 rings (SSSR count). The second-order valence-corrected chi connectivity index (χ2v) is 7.27. The van der Waals surface area contributed by atoms with Crippen molar-refractivity contribution in [1.82, 2.24) is 9.80 Å². The van der Waals surface area contributed by atoms with Crippen LogP contribution in [-0.4, -0.2) is 62.3 Å². The number of hydrogen-bond donors (Lipinski definition) is 0. The van der Waals surface area contributed by atoms with Crippen molar-refractivity contribution in [2.75, 3.05) is 46.4 Å². The van der Waals surface area contributed by atoms with Gasteiger partial charge in [-0.2, -0.15) is 0 Å². The summed E-state index contributed by atoms with van der Waals surface area (Å²) in [7, 11) is 1.82. The van der Waals surface area contributed by atoms with Crippen LogP contribution >= 0.6 is 0 Å². The van der Waals surface area contributed by atoms with E-state index in [-0.39, 0.29) is 0 Å². The van der Waals surface area contributed by atoms with Crippen LogP contribution in [0, 0.1) is 0 Å². The van der Waals surface area contributed by atoms with E-state index in [1.165, 1.54) is 43.6 Å². The molecular formula is C23H32N2O. The average Bonchev–Trinajstić information content (AvgIpc) is 2.70. The minimum absolute atomic E-state index is 0.480. The minimum Gasteiger partial charge on any atom is -0.383 e. The van der Waals surface area contributed by atoms with Crippen molar-refractivity contribution in [3.05, 3.63) is 71.8 Å². The van der Waals surface area contributed by atoms with Gasteiger partial charge in [0.05, 0.1) is 6.61 Å². The lowest BCUT2D eigenvalue weighted by molar-refractivity contribution is 0.0494. The molecular weight excluding hydrogens is 320 g/mol. The molecule has 2 aromatic carbocycles. The number of hydrogen-bond acceptors (Lipinski definition) is 3. The molecule has 26 heavy (non-hydrogen) atoms. The Morgan fingerprint density at radius 1 is 0.846 bits per heavy atom. The first-order chi connectivity index (χ1) is 12.8. The fourth-order valence-electron chi connectivity index (χ4n) is 3.88. The van der Waals surface area contributed by atoms with Crippen molar-refractivity contribution < 1.29 is 4.74 Å². The highest BCUT2D eigenvalue weighted by Crippen LogP contribution is 2.13. The van der Waals surface area contributed by atoms with Crippen LogP contribution in [0.5, 0.6) is 0 Å². The van der Waals surface area contributed by atoms with Gasteiger partial charge in [-0.05, 0) is 36.9 Å². The Labute approximate surface area is 158 Å². The Morgan fingerprint density at radius 3 is 2.08 bits per heavy atom. The molecule has 1 aliphatic heterocycles. The molecule has 1 heterocycles. The van der Waals surface area contributed by atoms with Crippen LogP contribution in [0.15, 0.2) is 60.7 Å². The number of nitrogens with zero attached hydrogens (tertiary/aromatic N) is 2. The van der Waals surface area contributed by atoms with E-state index in [2.05, 4.69) is 70.5 Å². The molecule has 1 atom stereocenters. The third-order valence-electron chi connectivity index (χ3n) is 5.38. The molecule has 2 aromatic rings. The van der Waals surface area contributed by atoms with Crippen LogP contribution < -0.4 is 0 Å². The fourth-order valence-corrected chi connectivity index (χ4v) is 3.88. The summed E-state index contributed by atoms with van der Waals surface area (Å²) in [6, 6.07) is 22.1. The zero-order chi connectivity index (χ0) is 18.0. The van der Waals surface area contributed by atoms with Gasteiger partial charge in [-0.15, -0.1) is 0 Å². The van der Waals surface area contributed by atoms with E-state index in [0.717, 1.165) is 26.1 Å². The van der Waals surface area contributed by atoms with Gasteiger partial charge in [-0.1, -0.05) is 60.7 Å². The topological polar surface area (TPSA) is 15.7 Å². The summed E-state index contributed by atoms with van der Waals surface area (Å²) >= 11 is 0. The van der Waals surface area contributed by atoms with Crippen LogP contribution in [-0.2, 0) is 17.6 Å². The first kappa shape index (κ1) is 19.1. The van der Waals surface area contributed by atoms with E-state index in [9.17, 15) is 0 Å². The highest BCUT2D eigenvalue weighted by Gasteiger charge is 2.23. The second-order valence-electron chi connectivity index (χ2n) is 7.27. The molecule has 0 unspecified atom stereocenters. The number of piperazine rings is 1. The quantitative estimate of drug-likeness (QED) is 0.687. The molecule has 3 heteroatoms. The average molecular weight is 353 g/mol. The van der Waals surface area contributed by atoms with Crippen molar-refractivity contribution in [3.63, 3.8) is 0 Å². The molecule has 0 bridgehead atoms. The molecule has 1 fully saturated rings. The fraction of sp³-hybridized carbons (Fsp3) is 0.478. The Kier molecular flexibility index (Phi) is 7.68. The van der Waals surface area contributed by atoms with Gasteiger partial charge >= 0.3 is 0 Å². The van der Waals surface area contributed by atoms with Crippen molar-refractivity contribution in [1.29, 1.82) is 0 Å². The highest BCUT2D eigenvalue weighted by atomic mass is 16.5. The van der Waals surface area contributed by atoms with Crippen molar-refractivity contribution in [2.45, 2.75) is 25.3 Å². The molecule has 0 aliphatic carbocycles. The summed E-state index contributed by atoms with van der Waals surface area (Å²) in [4.78, 5) is 5.23. The molecule has 0 aromatic heterocycles. The van der Waals surface area contributed by atoms with Crippen LogP contribution in [0.2, 0.25) is 0 Å². The minimum atomic E-state index is 0.480. The molecule has 0 saturated carbocycles. The maximum Gasteiger partial charge on any atom is 0.0621 e. The summed E-state index contributed by atoms with van der Waals surface area (Å²) in [5.41, 5.74) is 2.86. The second kappa shape index (κ2) is 10.5. The van der Waals surface area contributed by atoms with Gasteiger partial charge in [0.15, 0.2) is 0 Å². The van der Waals surface area contributed by atoms with E-state index >= 15 is 0 Å². The van der Waals surface area contributed by atoms with Gasteiger partial charge in [0, 0.05) is 39.3 Å². The Morgan fingerprint density at radius 2 is 1.46 bits per heavy atom. The predicted octanol–water partition coefficient (Wildman–Crippen LogP) is 3.49. The summed E-state index contributed by atoms with van der Waals surface area (Å²) in [6.07, 6.45) is 3.50. The summed E-state index contributed by atoms with van der Waals surface area (Å²) < 4.78 is 5.51. The molecule has 0 radical (unpaired) electrons. The van der Waals surface area contributed by atoms with Crippen LogP contribution in [0.25, 0.3) is 0 Å². The monoisotopic (exact) mass is 352 g/mol. The van der Waals surface area contributed by atoms with Crippen LogP contribution in [0.4, 0.5) is 0 Å². The standard InChI is InChI=1S/C23H32N2O/c1-26-20-23(19-22-11-6-3-7-12-22)25-17-15-24(16-18-25)14-8-13-21-9-4-2-5-10-21/h2-7,9-12,23H,8,13-20H2,1H3/t23-/m0/s1. The van der Waals surface area contributed by atoms with Crippen molar-refractivity contribution in [3.8, 4) is 0 Å². The summed E-state index contributed by atoms with van der Waals surface area (Å²) in [6.45, 7) is 6.64. The van der Waals surface area contributed by atoms with Crippen LogP contribution in [0.1, 0.15) is 17.5 Å². The SMILES string of the molecule is COC[C@H](Cc1ccccc1)N1CCN(CCCc2ccccc2)CC1. The van der Waals surface area contributed by atoms with Gasteiger partial charge in [-0.3, -0.25) is 4.90 Å². The van der Waals surface area contributed by atoms with Gasteiger partial charge in [0.1, 0.15) is 0 Å². The summed E-state index contributed by atoms with van der Waals surface area (Å²) in [5.74, 6) is 0. The van der Waals surface area contributed by atoms with Gasteiger partial charge in [-0.25, -0.2) is 0 Å². The van der Waals surface area contributed by atoms with E-state index in [4.69, 9.17) is 4.74 Å². The molecule has 0 amide bonds. The molecule has 0 N–H and O–H groups in total. The number of ether oxygens (including phenoxy) is 1. The van der Waals surface area contributed by atoms with Gasteiger partial charge in [0.2, 0.25) is 0 Å². The lowest BCUT2D eigenvalue weighted by Crippen LogP contribution is -2.52. The number of rotatable bonds is 9. The number of benzene rings is 2. The normalized spacial score (nSPS) is 17.3. The third kappa shape index (κ3) is 5.94. The first-order valence-electron chi connectivity index (χ1n) is 9.88. The molecule has 140 valence electrons. The molecule has 3 nitrogen and oxygen atoms in total. The Bertz CT molecular complexity index is 609. The van der Waals surface area contributed by atoms with E-state index in [1.807, 2.05) is 7.11 Å². The van der Waals surface area contributed by atoms with Gasteiger partial charge < -0.3 is 9.64 Å². The zero-order valence-electron chi connectivity index (χ0n) is 16.0. The maximum atomic E-state index is 5.51. The van der Waals surface area contributed by atoms with E-state index in [0.29, 0.717) is 6.04 Å². The number of methoxy groups -OCH3 is 1. The maximum absolute atomic E-state index is 5.51. The smallest absolute Gasteiger partial charge is 0.0621 e. The van der Waals surface area contributed by atoms with Crippen molar-refractivity contribution in [2.24, 2.45) is 0 Å². The highest BCUT2D eigenvalue weighted by molar-refractivity contribution is 5.16. The predicted molar refractivity (Wildman–Crippen MR) is 109 cm³/mol. The summed E-state index contributed by atoms with van der Waals surface area (Å²) in [5, 5.41) is 0. The first-order valence-corrected chi connectivity index (χ1v) is 9.88. The number of aryl methyl sites for hydroxylation is 1. The van der Waals surface area contributed by atoms with Crippen molar-refractivity contribution >= 4 is 0 Å². The molecule has 1 saturated heterocycles. The van der Waals surface area contributed by atoms with E-state index < -0.39 is 0 Å². The van der Waals surface area contributed by atoms with E-state index in [1.54, 1.807) is 0 Å². The zero-order valence-corrected chi connectivity index (χ0v) is 16.0. The molecule has 0 spiro atoms. The Hall–Kier alpha value is -1.68. The molecule has 1 aliphatic rings. The van der Waals surface area contributed by atoms with Gasteiger partial charge in [0.25, 0.3) is 0 Å².